The van der Waals surface area contributed by atoms with E-state index < -0.39 is 42.7 Å². The summed E-state index contributed by atoms with van der Waals surface area (Å²) in [6, 6.07) is 6.73. The van der Waals surface area contributed by atoms with Crippen molar-refractivity contribution in [2.45, 2.75) is 51.5 Å². The normalized spacial score (nSPS) is 25.7. The van der Waals surface area contributed by atoms with Crippen molar-refractivity contribution in [3.8, 4) is 0 Å². The van der Waals surface area contributed by atoms with E-state index in [-0.39, 0.29) is 6.54 Å². The number of hydrogen-bond acceptors (Lipinski definition) is 3. The molecule has 0 bridgehead atoms. The molecule has 2 fully saturated rings. The number of anilines is 1. The number of hydrogen-bond donors (Lipinski definition) is 0. The molecule has 25 heavy (non-hydrogen) atoms. The Bertz CT molecular complexity index is 657. The summed E-state index contributed by atoms with van der Waals surface area (Å²) in [7, 11) is -0.545. The van der Waals surface area contributed by atoms with Gasteiger partial charge in [0.2, 0.25) is 5.91 Å². The summed E-state index contributed by atoms with van der Waals surface area (Å²) in [5, 5.41) is 0. The lowest BCUT2D eigenvalue weighted by molar-refractivity contribution is -0.169. The molecule has 2 aliphatic heterocycles. The van der Waals surface area contributed by atoms with Crippen LogP contribution in [0.5, 0.6) is 0 Å². The van der Waals surface area contributed by atoms with E-state index in [2.05, 4.69) is 0 Å². The van der Waals surface area contributed by atoms with Crippen molar-refractivity contribution in [1.29, 1.82) is 0 Å². The molecule has 2 saturated heterocycles. The van der Waals surface area contributed by atoms with Crippen molar-refractivity contribution in [2.75, 3.05) is 11.4 Å². The Hall–Kier alpha value is -1.54. The predicted octanol–water partition coefficient (Wildman–Crippen LogP) is 2.90. The molecule has 1 aromatic rings. The van der Waals surface area contributed by atoms with Crippen LogP contribution in [-0.2, 0) is 14.1 Å². The summed E-state index contributed by atoms with van der Waals surface area (Å²) < 4.78 is 50.4. The minimum atomic E-state index is -4.35. The van der Waals surface area contributed by atoms with Gasteiger partial charge >= 0.3 is 13.3 Å². The third kappa shape index (κ3) is 3.29. The minimum absolute atomic E-state index is 0.335. The second-order valence-corrected chi connectivity index (χ2v) is 7.63. The molecule has 1 atom stereocenters. The van der Waals surface area contributed by atoms with Gasteiger partial charge in [0, 0.05) is 18.7 Å². The number of nitrogens with zero attached hydrogens (tertiary/aromatic N) is 1. The summed E-state index contributed by atoms with van der Waals surface area (Å²) in [5.74, 6) is -2.12. The largest absolute Gasteiger partial charge is 0.494 e. The lowest BCUT2D eigenvalue weighted by atomic mass is 9.79. The van der Waals surface area contributed by atoms with E-state index in [0.29, 0.717) is 5.69 Å². The molecule has 136 valence electrons. The van der Waals surface area contributed by atoms with E-state index in [1.807, 2.05) is 27.7 Å². The minimum Gasteiger partial charge on any atom is -0.399 e. The first-order chi connectivity index (χ1) is 11.4. The third-order valence-corrected chi connectivity index (χ3v) is 5.32. The van der Waals surface area contributed by atoms with Crippen molar-refractivity contribution < 1.29 is 27.3 Å². The van der Waals surface area contributed by atoms with E-state index in [0.717, 1.165) is 5.46 Å². The third-order valence-electron chi connectivity index (χ3n) is 5.32. The van der Waals surface area contributed by atoms with Crippen LogP contribution in [-0.4, -0.2) is 36.9 Å². The maximum absolute atomic E-state index is 12.8. The molecule has 0 saturated carbocycles. The Morgan fingerprint density at radius 2 is 1.60 bits per heavy atom. The molecule has 2 aliphatic rings. The van der Waals surface area contributed by atoms with E-state index in [1.54, 1.807) is 24.3 Å². The highest BCUT2D eigenvalue weighted by Gasteiger charge is 2.52. The molecule has 2 heterocycles. The lowest BCUT2D eigenvalue weighted by Crippen LogP contribution is -2.41. The molecule has 0 N–H and O–H groups in total. The van der Waals surface area contributed by atoms with Crippen LogP contribution in [0.1, 0.15) is 34.1 Å². The number of alkyl halides is 3. The predicted molar refractivity (Wildman–Crippen MR) is 88.7 cm³/mol. The van der Waals surface area contributed by atoms with Crippen LogP contribution in [0.4, 0.5) is 18.9 Å². The van der Waals surface area contributed by atoms with E-state index in [1.165, 1.54) is 4.90 Å². The standard InChI is InChI=1S/C17H21BF3NO3/c1-15(2)16(3,4)25-18(24-15)12-5-7-13(8-6-12)22-10-11(9-14(22)23)17(19,20)21/h5-8,11H,9-10H2,1-4H3. The van der Waals surface area contributed by atoms with Gasteiger partial charge in [-0.25, -0.2) is 0 Å². The fourth-order valence-electron chi connectivity index (χ4n) is 2.97. The molecule has 4 nitrogen and oxygen atoms in total. The first kappa shape index (κ1) is 18.3. The zero-order valence-corrected chi connectivity index (χ0v) is 14.7. The van der Waals surface area contributed by atoms with Gasteiger partial charge in [0.05, 0.1) is 17.1 Å². The van der Waals surface area contributed by atoms with Crippen molar-refractivity contribution >= 4 is 24.2 Å². The molecule has 8 heteroatoms. The van der Waals surface area contributed by atoms with Gasteiger partial charge in [-0.15, -0.1) is 0 Å². The molecule has 3 rings (SSSR count). The fraction of sp³-hybridized carbons (Fsp3) is 0.588. The first-order valence-electron chi connectivity index (χ1n) is 8.23. The average molecular weight is 355 g/mol. The Labute approximate surface area is 145 Å². The Kier molecular flexibility index (Phi) is 4.19. The highest BCUT2D eigenvalue weighted by Crippen LogP contribution is 2.37. The van der Waals surface area contributed by atoms with Crippen molar-refractivity contribution in [3.05, 3.63) is 24.3 Å². The van der Waals surface area contributed by atoms with Gasteiger partial charge in [0.15, 0.2) is 0 Å². The van der Waals surface area contributed by atoms with Gasteiger partial charge in [0.1, 0.15) is 0 Å². The maximum Gasteiger partial charge on any atom is 0.494 e. The molecular formula is C17H21BF3NO3. The molecule has 1 amide bonds. The van der Waals surface area contributed by atoms with Crippen LogP contribution in [0.2, 0.25) is 0 Å². The topological polar surface area (TPSA) is 38.8 Å². The quantitative estimate of drug-likeness (QED) is 0.766. The van der Waals surface area contributed by atoms with Crippen molar-refractivity contribution in [2.24, 2.45) is 5.92 Å². The highest BCUT2D eigenvalue weighted by atomic mass is 19.4. The monoisotopic (exact) mass is 355 g/mol. The lowest BCUT2D eigenvalue weighted by Gasteiger charge is -2.32. The fourth-order valence-corrected chi connectivity index (χ4v) is 2.97. The van der Waals surface area contributed by atoms with Gasteiger partial charge in [-0.3, -0.25) is 4.79 Å². The van der Waals surface area contributed by atoms with Gasteiger partial charge in [0.25, 0.3) is 0 Å². The van der Waals surface area contributed by atoms with Gasteiger partial charge in [-0.2, -0.15) is 13.2 Å². The SMILES string of the molecule is CC1(C)OB(c2ccc(N3CC(C(F)(F)F)CC3=O)cc2)OC1(C)C. The number of benzene rings is 1. The van der Waals surface area contributed by atoms with Gasteiger partial charge in [-0.1, -0.05) is 12.1 Å². The van der Waals surface area contributed by atoms with Gasteiger partial charge in [-0.05, 0) is 45.3 Å². The molecule has 1 aromatic carbocycles. The van der Waals surface area contributed by atoms with Crippen LogP contribution in [0.15, 0.2) is 24.3 Å². The van der Waals surface area contributed by atoms with Crippen LogP contribution in [0, 0.1) is 5.92 Å². The summed E-state index contributed by atoms with van der Waals surface area (Å²) in [6.45, 7) is 7.45. The number of halogens is 3. The van der Waals surface area contributed by atoms with E-state index in [9.17, 15) is 18.0 Å². The van der Waals surface area contributed by atoms with Crippen LogP contribution < -0.4 is 10.4 Å². The average Bonchev–Trinajstić information content (AvgIpc) is 2.97. The van der Waals surface area contributed by atoms with Crippen molar-refractivity contribution in [3.63, 3.8) is 0 Å². The number of rotatable bonds is 2. The second kappa shape index (κ2) is 5.74. The van der Waals surface area contributed by atoms with Crippen LogP contribution >= 0.6 is 0 Å². The van der Waals surface area contributed by atoms with Crippen molar-refractivity contribution in [1.82, 2.24) is 0 Å². The summed E-state index contributed by atoms with van der Waals surface area (Å²) in [5.41, 5.74) is 0.279. The van der Waals surface area contributed by atoms with Crippen LogP contribution in [0.25, 0.3) is 0 Å². The summed E-state index contributed by atoms with van der Waals surface area (Å²) >= 11 is 0. The molecule has 0 aliphatic carbocycles. The Balaban J connectivity index is 1.75. The molecule has 0 spiro atoms. The highest BCUT2D eigenvalue weighted by molar-refractivity contribution is 6.62. The Morgan fingerprint density at radius 1 is 1.08 bits per heavy atom. The zero-order valence-electron chi connectivity index (χ0n) is 14.7. The second-order valence-electron chi connectivity index (χ2n) is 7.63. The summed E-state index contributed by atoms with van der Waals surface area (Å²) in [4.78, 5) is 13.1. The first-order valence-corrected chi connectivity index (χ1v) is 8.23. The molecule has 1 unspecified atom stereocenters. The maximum atomic E-state index is 12.8. The van der Waals surface area contributed by atoms with E-state index >= 15 is 0 Å². The Morgan fingerprint density at radius 3 is 2.04 bits per heavy atom. The van der Waals surface area contributed by atoms with Crippen LogP contribution in [0.3, 0.4) is 0 Å². The summed E-state index contributed by atoms with van der Waals surface area (Å²) in [6.07, 6.45) is -4.85. The van der Waals surface area contributed by atoms with Gasteiger partial charge < -0.3 is 14.2 Å². The molecule has 0 radical (unpaired) electrons. The number of carbonyl (C=O) groups excluding carboxylic acids is 1. The number of amides is 1. The molecule has 0 aromatic heterocycles. The van der Waals surface area contributed by atoms with E-state index in [4.69, 9.17) is 9.31 Å². The smallest absolute Gasteiger partial charge is 0.399 e. The molecular weight excluding hydrogens is 334 g/mol. The number of carbonyl (C=O) groups is 1. The zero-order chi connectivity index (χ0) is 18.6.